The van der Waals surface area contributed by atoms with Crippen molar-refractivity contribution >= 4 is 15.9 Å². The number of ether oxygens (including phenoxy) is 1. The molecule has 0 N–H and O–H groups in total. The number of rotatable bonds is 1. The quantitative estimate of drug-likeness (QED) is 0.804. The topological polar surface area (TPSA) is 27.1 Å². The number of fused-ring (bicyclic) bond motifs is 3. The van der Waals surface area contributed by atoms with E-state index in [1.165, 1.54) is 0 Å². The first kappa shape index (κ1) is 11.8. The van der Waals surface area contributed by atoms with Crippen LogP contribution in [-0.2, 0) is 13.0 Å². The fourth-order valence-electron chi connectivity index (χ4n) is 2.31. The molecule has 3 rings (SSSR count). The van der Waals surface area contributed by atoms with E-state index in [2.05, 4.69) is 46.6 Å². The summed E-state index contributed by atoms with van der Waals surface area (Å²) in [4.78, 5) is 4.71. The summed E-state index contributed by atoms with van der Waals surface area (Å²) in [6.07, 6.45) is 3.24. The third kappa shape index (κ3) is 1.94. The summed E-state index contributed by atoms with van der Waals surface area (Å²) in [5.74, 6) is 1.92. The second kappa shape index (κ2) is 4.43. The van der Waals surface area contributed by atoms with Gasteiger partial charge in [0, 0.05) is 10.7 Å². The molecule has 94 valence electrons. The van der Waals surface area contributed by atoms with Crippen molar-refractivity contribution in [1.29, 1.82) is 0 Å². The van der Waals surface area contributed by atoms with Gasteiger partial charge < -0.3 is 9.30 Å². The molecule has 2 heterocycles. The Morgan fingerprint density at radius 1 is 1.50 bits per heavy atom. The van der Waals surface area contributed by atoms with Crippen LogP contribution in [-0.4, -0.2) is 15.7 Å². The van der Waals surface area contributed by atoms with Gasteiger partial charge >= 0.3 is 0 Å². The average Bonchev–Trinajstić information content (AvgIpc) is 2.69. The van der Waals surface area contributed by atoms with E-state index in [-0.39, 0.29) is 6.10 Å². The third-order valence-corrected chi connectivity index (χ3v) is 3.65. The summed E-state index contributed by atoms with van der Waals surface area (Å²) in [6.45, 7) is 5.06. The van der Waals surface area contributed by atoms with Crippen LogP contribution in [0.15, 0.2) is 28.9 Å². The molecule has 3 nitrogen and oxygen atoms in total. The zero-order valence-electron chi connectivity index (χ0n) is 10.5. The SMILES string of the molecule is CCc1cn2c(n1)-c1cc(Br)ccc1OC(C)C2. The fraction of sp³-hybridized carbons (Fsp3) is 0.357. The Kier molecular flexibility index (Phi) is 2.90. The predicted molar refractivity (Wildman–Crippen MR) is 74.8 cm³/mol. The monoisotopic (exact) mass is 306 g/mol. The maximum Gasteiger partial charge on any atom is 0.144 e. The first-order chi connectivity index (χ1) is 8.67. The molecule has 0 amide bonds. The number of aryl methyl sites for hydroxylation is 1. The van der Waals surface area contributed by atoms with Gasteiger partial charge in [-0.3, -0.25) is 0 Å². The van der Waals surface area contributed by atoms with E-state index in [9.17, 15) is 0 Å². The van der Waals surface area contributed by atoms with E-state index in [4.69, 9.17) is 9.72 Å². The summed E-state index contributed by atoms with van der Waals surface area (Å²) in [7, 11) is 0. The van der Waals surface area contributed by atoms with Crippen molar-refractivity contribution in [3.05, 3.63) is 34.6 Å². The van der Waals surface area contributed by atoms with Gasteiger partial charge in [-0.15, -0.1) is 0 Å². The normalized spacial score (nSPS) is 17.6. The first-order valence-corrected chi connectivity index (χ1v) is 6.99. The van der Waals surface area contributed by atoms with Gasteiger partial charge in [-0.1, -0.05) is 22.9 Å². The molecule has 1 unspecified atom stereocenters. The molecule has 1 atom stereocenters. The average molecular weight is 307 g/mol. The highest BCUT2D eigenvalue weighted by atomic mass is 79.9. The highest BCUT2D eigenvalue weighted by Crippen LogP contribution is 2.35. The molecule has 0 aliphatic carbocycles. The molecule has 1 aromatic heterocycles. The van der Waals surface area contributed by atoms with Gasteiger partial charge in [0.05, 0.1) is 17.8 Å². The molecule has 18 heavy (non-hydrogen) atoms. The number of halogens is 1. The van der Waals surface area contributed by atoms with Crippen molar-refractivity contribution in [2.75, 3.05) is 0 Å². The first-order valence-electron chi connectivity index (χ1n) is 6.20. The van der Waals surface area contributed by atoms with Gasteiger partial charge in [-0.25, -0.2) is 4.98 Å². The maximum absolute atomic E-state index is 5.94. The lowest BCUT2D eigenvalue weighted by atomic mass is 10.2. The van der Waals surface area contributed by atoms with Crippen LogP contribution in [0.1, 0.15) is 19.5 Å². The molecule has 1 aliphatic rings. The number of benzene rings is 1. The standard InChI is InChI=1S/C14H15BrN2O/c1-3-11-8-17-7-9(2)18-13-5-4-10(15)6-12(13)14(17)16-11/h4-6,8-9H,3,7H2,1-2H3. The minimum Gasteiger partial charge on any atom is -0.488 e. The predicted octanol–water partition coefficient (Wildman–Crippen LogP) is 3.66. The van der Waals surface area contributed by atoms with Crippen molar-refractivity contribution < 1.29 is 4.74 Å². The number of nitrogens with zero attached hydrogens (tertiary/aromatic N) is 2. The second-order valence-corrected chi connectivity index (χ2v) is 5.55. The number of imidazole rings is 1. The van der Waals surface area contributed by atoms with Gasteiger partial charge in [-0.2, -0.15) is 0 Å². The van der Waals surface area contributed by atoms with Gasteiger partial charge in [-0.05, 0) is 31.5 Å². The summed E-state index contributed by atoms with van der Waals surface area (Å²) in [5.41, 5.74) is 2.19. The van der Waals surface area contributed by atoms with Crippen LogP contribution >= 0.6 is 15.9 Å². The summed E-state index contributed by atoms with van der Waals surface area (Å²) >= 11 is 3.51. The van der Waals surface area contributed by atoms with Crippen molar-refractivity contribution in [2.24, 2.45) is 0 Å². The number of hydrogen-bond donors (Lipinski definition) is 0. The molecule has 0 fully saturated rings. The highest BCUT2D eigenvalue weighted by Gasteiger charge is 2.21. The van der Waals surface area contributed by atoms with Gasteiger partial charge in [0.25, 0.3) is 0 Å². The molecule has 1 aromatic carbocycles. The third-order valence-electron chi connectivity index (χ3n) is 3.15. The smallest absolute Gasteiger partial charge is 0.144 e. The Morgan fingerprint density at radius 3 is 3.11 bits per heavy atom. The molecular formula is C14H15BrN2O. The molecule has 0 spiro atoms. The van der Waals surface area contributed by atoms with Gasteiger partial charge in [0.2, 0.25) is 0 Å². The number of aromatic nitrogens is 2. The number of hydrogen-bond acceptors (Lipinski definition) is 2. The van der Waals surface area contributed by atoms with Crippen LogP contribution in [0, 0.1) is 0 Å². The van der Waals surface area contributed by atoms with Crippen molar-refractivity contribution in [1.82, 2.24) is 9.55 Å². The fourth-order valence-corrected chi connectivity index (χ4v) is 2.67. The second-order valence-electron chi connectivity index (χ2n) is 4.63. The largest absolute Gasteiger partial charge is 0.488 e. The Morgan fingerprint density at radius 2 is 2.33 bits per heavy atom. The van der Waals surface area contributed by atoms with Crippen molar-refractivity contribution in [3.8, 4) is 17.1 Å². The molecule has 0 saturated heterocycles. The van der Waals surface area contributed by atoms with Crippen LogP contribution in [0.2, 0.25) is 0 Å². The van der Waals surface area contributed by atoms with Crippen LogP contribution in [0.4, 0.5) is 0 Å². The van der Waals surface area contributed by atoms with Gasteiger partial charge in [0.15, 0.2) is 0 Å². The zero-order valence-corrected chi connectivity index (χ0v) is 12.1. The lowest BCUT2D eigenvalue weighted by Crippen LogP contribution is -2.17. The summed E-state index contributed by atoms with van der Waals surface area (Å²) in [5, 5.41) is 0. The molecule has 0 bridgehead atoms. The molecule has 1 aliphatic heterocycles. The van der Waals surface area contributed by atoms with Crippen LogP contribution in [0.25, 0.3) is 11.4 Å². The summed E-state index contributed by atoms with van der Waals surface area (Å²) in [6, 6.07) is 6.09. The Bertz CT molecular complexity index is 591. The Hall–Kier alpha value is -1.29. The van der Waals surface area contributed by atoms with E-state index in [0.29, 0.717) is 0 Å². The van der Waals surface area contributed by atoms with Crippen molar-refractivity contribution in [3.63, 3.8) is 0 Å². The molecule has 2 aromatic rings. The molecule has 0 radical (unpaired) electrons. The Balaban J connectivity index is 2.22. The molecule has 0 saturated carbocycles. The van der Waals surface area contributed by atoms with Crippen LogP contribution in [0.5, 0.6) is 5.75 Å². The van der Waals surface area contributed by atoms with E-state index < -0.39 is 0 Å². The van der Waals surface area contributed by atoms with E-state index in [1.807, 2.05) is 12.1 Å². The highest BCUT2D eigenvalue weighted by molar-refractivity contribution is 9.10. The van der Waals surface area contributed by atoms with E-state index in [1.54, 1.807) is 0 Å². The minimum atomic E-state index is 0.157. The van der Waals surface area contributed by atoms with Crippen LogP contribution < -0.4 is 4.74 Å². The minimum absolute atomic E-state index is 0.157. The zero-order chi connectivity index (χ0) is 12.7. The van der Waals surface area contributed by atoms with Gasteiger partial charge in [0.1, 0.15) is 17.7 Å². The van der Waals surface area contributed by atoms with E-state index in [0.717, 1.165) is 40.3 Å². The van der Waals surface area contributed by atoms with Crippen molar-refractivity contribution in [2.45, 2.75) is 32.9 Å². The molecule has 4 heteroatoms. The summed E-state index contributed by atoms with van der Waals surface area (Å²) < 4.78 is 9.19. The Labute approximate surface area is 115 Å². The molecular weight excluding hydrogens is 292 g/mol. The van der Waals surface area contributed by atoms with Crippen LogP contribution in [0.3, 0.4) is 0 Å². The lowest BCUT2D eigenvalue weighted by Gasteiger charge is -2.12. The maximum atomic E-state index is 5.94. The lowest BCUT2D eigenvalue weighted by molar-refractivity contribution is 0.206. The van der Waals surface area contributed by atoms with E-state index >= 15 is 0 Å².